The van der Waals surface area contributed by atoms with E-state index in [1.807, 2.05) is 19.9 Å². The predicted molar refractivity (Wildman–Crippen MR) is 74.0 cm³/mol. The molecule has 0 aliphatic carbocycles. The minimum Gasteiger partial charge on any atom is -0.288 e. The molecule has 98 valence electrons. The Balaban J connectivity index is 3.02. The van der Waals surface area contributed by atoms with Crippen LogP contribution in [0.1, 0.15) is 45.2 Å². The Morgan fingerprint density at radius 3 is 2.72 bits per heavy atom. The molecule has 1 N–H and O–H groups in total. The first-order valence-electron chi connectivity index (χ1n) is 6.43. The summed E-state index contributed by atoms with van der Waals surface area (Å²) in [6.45, 7) is 5.80. The van der Waals surface area contributed by atoms with Crippen molar-refractivity contribution in [3.63, 3.8) is 0 Å². The number of nitrogens with one attached hydrogen (secondary N) is 1. The summed E-state index contributed by atoms with van der Waals surface area (Å²) in [7, 11) is 0. The quantitative estimate of drug-likeness (QED) is 0.641. The molecular weight excluding hydrogens is 226 g/mol. The van der Waals surface area contributed by atoms with Crippen LogP contribution < -0.4 is 4.90 Å². The van der Waals surface area contributed by atoms with Gasteiger partial charge in [-0.05, 0) is 25.5 Å². The molecule has 0 saturated carbocycles. The van der Waals surface area contributed by atoms with Gasteiger partial charge in [-0.1, -0.05) is 20.3 Å². The van der Waals surface area contributed by atoms with E-state index in [2.05, 4.69) is 11.9 Å². The van der Waals surface area contributed by atoms with Gasteiger partial charge in [0.05, 0.1) is 11.4 Å². The Kier molecular flexibility index (Phi) is 5.49. The molecule has 0 radical (unpaired) electrons. The van der Waals surface area contributed by atoms with Gasteiger partial charge in [0.15, 0.2) is 0 Å². The van der Waals surface area contributed by atoms with Crippen molar-refractivity contribution in [1.82, 2.24) is 4.98 Å². The van der Waals surface area contributed by atoms with E-state index in [1.165, 1.54) is 4.90 Å². The fourth-order valence-electron chi connectivity index (χ4n) is 1.74. The van der Waals surface area contributed by atoms with Crippen LogP contribution in [-0.4, -0.2) is 16.7 Å². The molecule has 0 fully saturated rings. The van der Waals surface area contributed by atoms with Crippen molar-refractivity contribution in [3.05, 3.63) is 24.0 Å². The average molecular weight is 247 g/mol. The average Bonchev–Trinajstić information content (AvgIpc) is 2.38. The number of amides is 1. The number of hydrogen-bond donors (Lipinski definition) is 1. The summed E-state index contributed by atoms with van der Waals surface area (Å²) in [5.74, 6) is 0.312. The van der Waals surface area contributed by atoms with Gasteiger partial charge in [-0.15, -0.1) is 0 Å². The van der Waals surface area contributed by atoms with Crippen LogP contribution in [0, 0.1) is 12.3 Å². The van der Waals surface area contributed by atoms with Crippen LogP contribution in [0.15, 0.2) is 18.3 Å². The van der Waals surface area contributed by atoms with Crippen molar-refractivity contribution in [2.24, 2.45) is 0 Å². The van der Waals surface area contributed by atoms with Crippen LogP contribution in [-0.2, 0) is 4.79 Å². The molecule has 0 atom stereocenters. The summed E-state index contributed by atoms with van der Waals surface area (Å²) in [4.78, 5) is 17.9. The summed E-state index contributed by atoms with van der Waals surface area (Å²) in [6, 6.07) is 3.64. The van der Waals surface area contributed by atoms with E-state index in [-0.39, 0.29) is 5.91 Å². The lowest BCUT2D eigenvalue weighted by molar-refractivity contribution is -0.117. The SMILES string of the molecule is CCCCC(=O)N(C(=N)CC)c1cccnc1C. The zero-order valence-corrected chi connectivity index (χ0v) is 11.4. The van der Waals surface area contributed by atoms with Gasteiger partial charge >= 0.3 is 0 Å². The maximum absolute atomic E-state index is 12.2. The Morgan fingerprint density at radius 1 is 1.44 bits per heavy atom. The highest BCUT2D eigenvalue weighted by molar-refractivity contribution is 6.16. The zero-order valence-electron chi connectivity index (χ0n) is 11.4. The minimum atomic E-state index is -0.0141. The van der Waals surface area contributed by atoms with Gasteiger partial charge in [0.1, 0.15) is 5.84 Å². The fraction of sp³-hybridized carbons (Fsp3) is 0.500. The first-order valence-corrected chi connectivity index (χ1v) is 6.43. The number of anilines is 1. The third-order valence-corrected chi connectivity index (χ3v) is 2.82. The van der Waals surface area contributed by atoms with Crippen molar-refractivity contribution in [3.8, 4) is 0 Å². The van der Waals surface area contributed by atoms with Crippen LogP contribution in [0.2, 0.25) is 0 Å². The topological polar surface area (TPSA) is 57.1 Å². The number of amidine groups is 1. The second kappa shape index (κ2) is 6.89. The van der Waals surface area contributed by atoms with E-state index in [0.29, 0.717) is 18.7 Å². The molecule has 18 heavy (non-hydrogen) atoms. The van der Waals surface area contributed by atoms with Gasteiger partial charge < -0.3 is 0 Å². The van der Waals surface area contributed by atoms with Crippen molar-refractivity contribution in [1.29, 1.82) is 5.41 Å². The molecular formula is C14H21N3O. The van der Waals surface area contributed by atoms with Crippen molar-refractivity contribution >= 4 is 17.4 Å². The van der Waals surface area contributed by atoms with Gasteiger partial charge in [0, 0.05) is 19.0 Å². The number of aryl methyl sites for hydroxylation is 1. The minimum absolute atomic E-state index is 0.0141. The molecule has 4 nitrogen and oxygen atoms in total. The Hall–Kier alpha value is -1.71. The molecule has 1 aromatic heterocycles. The lowest BCUT2D eigenvalue weighted by atomic mass is 10.2. The first-order chi connectivity index (χ1) is 8.61. The summed E-state index contributed by atoms with van der Waals surface area (Å²) < 4.78 is 0. The summed E-state index contributed by atoms with van der Waals surface area (Å²) >= 11 is 0. The number of rotatable bonds is 5. The Bertz CT molecular complexity index is 429. The maximum Gasteiger partial charge on any atom is 0.232 e. The zero-order chi connectivity index (χ0) is 13.5. The van der Waals surface area contributed by atoms with E-state index >= 15 is 0 Å². The molecule has 1 amide bonds. The monoisotopic (exact) mass is 247 g/mol. The first kappa shape index (κ1) is 14.4. The van der Waals surface area contributed by atoms with E-state index in [1.54, 1.807) is 12.3 Å². The summed E-state index contributed by atoms with van der Waals surface area (Å²) in [5, 5.41) is 7.97. The number of aromatic nitrogens is 1. The molecule has 0 spiro atoms. The van der Waals surface area contributed by atoms with Crippen molar-refractivity contribution in [2.75, 3.05) is 4.90 Å². The second-order valence-corrected chi connectivity index (χ2v) is 4.24. The third kappa shape index (κ3) is 3.39. The summed E-state index contributed by atoms with van der Waals surface area (Å²) in [6.07, 6.45) is 4.54. The lowest BCUT2D eigenvalue weighted by Gasteiger charge is -2.23. The highest BCUT2D eigenvalue weighted by Crippen LogP contribution is 2.20. The predicted octanol–water partition coefficient (Wildman–Crippen LogP) is 3.30. The molecule has 1 aromatic rings. The van der Waals surface area contributed by atoms with Crippen LogP contribution in [0.3, 0.4) is 0 Å². The Labute approximate surface area is 109 Å². The molecule has 0 aliphatic rings. The number of carbonyl (C=O) groups is 1. The molecule has 1 rings (SSSR count). The van der Waals surface area contributed by atoms with Gasteiger partial charge in [-0.3, -0.25) is 20.1 Å². The molecule has 0 saturated heterocycles. The van der Waals surface area contributed by atoms with Crippen LogP contribution in [0.4, 0.5) is 5.69 Å². The van der Waals surface area contributed by atoms with Gasteiger partial charge in [0.25, 0.3) is 0 Å². The fourth-order valence-corrected chi connectivity index (χ4v) is 1.74. The second-order valence-electron chi connectivity index (χ2n) is 4.24. The summed E-state index contributed by atoms with van der Waals surface area (Å²) in [5.41, 5.74) is 1.51. The van der Waals surface area contributed by atoms with Crippen LogP contribution >= 0.6 is 0 Å². The highest BCUT2D eigenvalue weighted by atomic mass is 16.2. The van der Waals surface area contributed by atoms with Gasteiger partial charge in [-0.25, -0.2) is 0 Å². The van der Waals surface area contributed by atoms with Crippen molar-refractivity contribution < 1.29 is 4.79 Å². The number of carbonyl (C=O) groups excluding carboxylic acids is 1. The van der Waals surface area contributed by atoms with Crippen LogP contribution in [0.25, 0.3) is 0 Å². The molecule has 1 heterocycles. The van der Waals surface area contributed by atoms with E-state index in [9.17, 15) is 4.79 Å². The van der Waals surface area contributed by atoms with Gasteiger partial charge in [0.2, 0.25) is 5.91 Å². The highest BCUT2D eigenvalue weighted by Gasteiger charge is 2.20. The molecule has 0 unspecified atom stereocenters. The standard InChI is InChI=1S/C14H21N3O/c1-4-6-9-14(18)17(13(15)5-2)12-8-7-10-16-11(12)3/h7-8,10,15H,4-6,9H2,1-3H3. The van der Waals surface area contributed by atoms with Crippen molar-refractivity contribution in [2.45, 2.75) is 46.5 Å². The normalized spacial score (nSPS) is 10.2. The largest absolute Gasteiger partial charge is 0.288 e. The smallest absolute Gasteiger partial charge is 0.232 e. The van der Waals surface area contributed by atoms with Crippen LogP contribution in [0.5, 0.6) is 0 Å². The number of nitrogens with zero attached hydrogens (tertiary/aromatic N) is 2. The number of hydrogen-bond acceptors (Lipinski definition) is 3. The molecule has 0 bridgehead atoms. The number of pyridine rings is 1. The lowest BCUT2D eigenvalue weighted by Crippen LogP contribution is -2.36. The van der Waals surface area contributed by atoms with E-state index in [0.717, 1.165) is 24.2 Å². The maximum atomic E-state index is 12.2. The molecule has 0 aliphatic heterocycles. The Morgan fingerprint density at radius 2 is 2.17 bits per heavy atom. The molecule has 4 heteroatoms. The van der Waals surface area contributed by atoms with Gasteiger partial charge in [-0.2, -0.15) is 0 Å². The van der Waals surface area contributed by atoms with E-state index < -0.39 is 0 Å². The third-order valence-electron chi connectivity index (χ3n) is 2.82. The molecule has 0 aromatic carbocycles. The van der Waals surface area contributed by atoms with E-state index in [4.69, 9.17) is 5.41 Å². The number of unbranched alkanes of at least 4 members (excludes halogenated alkanes) is 1.